The van der Waals surface area contributed by atoms with Gasteiger partial charge in [-0.2, -0.15) is 0 Å². The minimum atomic E-state index is -0.0233. The summed E-state index contributed by atoms with van der Waals surface area (Å²) in [6.45, 7) is 2.05. The van der Waals surface area contributed by atoms with Gasteiger partial charge >= 0.3 is 0 Å². The van der Waals surface area contributed by atoms with E-state index < -0.39 is 0 Å². The molecule has 15 heavy (non-hydrogen) atoms. The first-order valence-corrected chi connectivity index (χ1v) is 5.42. The van der Waals surface area contributed by atoms with E-state index in [1.807, 2.05) is 18.2 Å². The van der Waals surface area contributed by atoms with E-state index in [9.17, 15) is 5.11 Å². The molecule has 1 heteroatoms. The smallest absolute Gasteiger partial charge is 0.0890 e. The highest BCUT2D eigenvalue weighted by Gasteiger charge is 2.11. The number of hydrogen-bond acceptors (Lipinski definition) is 0. The predicted octanol–water partition coefficient (Wildman–Crippen LogP) is 3.76. The molecular formula is C14H15O. The lowest BCUT2D eigenvalue weighted by atomic mass is 9.92. The molecule has 1 atom stereocenters. The van der Waals surface area contributed by atoms with E-state index in [4.69, 9.17) is 0 Å². The predicted molar refractivity (Wildman–Crippen MR) is 62.5 cm³/mol. The fraction of sp³-hybridized carbons (Fsp3) is 0.286. The molecule has 2 rings (SSSR count). The third kappa shape index (κ3) is 1.88. The molecule has 2 aromatic rings. The molecule has 0 amide bonds. The fourth-order valence-corrected chi connectivity index (χ4v) is 2.03. The summed E-state index contributed by atoms with van der Waals surface area (Å²) in [5, 5.41) is 13.6. The van der Waals surface area contributed by atoms with E-state index in [0.717, 1.165) is 6.42 Å². The van der Waals surface area contributed by atoms with Gasteiger partial charge in [0.25, 0.3) is 0 Å². The number of hydrogen-bond donors (Lipinski definition) is 0. The Bertz CT molecular complexity index is 439. The molecule has 0 bridgehead atoms. The third-order valence-electron chi connectivity index (χ3n) is 2.96. The van der Waals surface area contributed by atoms with E-state index >= 15 is 0 Å². The Morgan fingerprint density at radius 1 is 1.07 bits per heavy atom. The largest absolute Gasteiger partial charge is 0.236 e. The van der Waals surface area contributed by atoms with Crippen LogP contribution in [0.25, 0.3) is 10.8 Å². The van der Waals surface area contributed by atoms with Gasteiger partial charge in [0.1, 0.15) is 0 Å². The maximum Gasteiger partial charge on any atom is 0.0890 e. The van der Waals surface area contributed by atoms with Crippen LogP contribution in [0, 0.1) is 0 Å². The van der Waals surface area contributed by atoms with Gasteiger partial charge in [0.15, 0.2) is 0 Å². The summed E-state index contributed by atoms with van der Waals surface area (Å²) in [5.41, 5.74) is 1.20. The molecular weight excluding hydrogens is 184 g/mol. The molecule has 0 spiro atoms. The molecule has 0 aliphatic carbocycles. The number of benzene rings is 2. The molecule has 0 heterocycles. The molecule has 0 saturated heterocycles. The molecule has 77 valence electrons. The van der Waals surface area contributed by atoms with Crippen molar-refractivity contribution < 1.29 is 5.11 Å². The van der Waals surface area contributed by atoms with E-state index in [-0.39, 0.29) is 12.5 Å². The van der Waals surface area contributed by atoms with Gasteiger partial charge in [-0.25, -0.2) is 5.11 Å². The maximum atomic E-state index is 11.1. The summed E-state index contributed by atoms with van der Waals surface area (Å²) < 4.78 is 0. The first-order chi connectivity index (χ1) is 7.36. The van der Waals surface area contributed by atoms with E-state index in [2.05, 4.69) is 31.2 Å². The average molecular weight is 199 g/mol. The molecule has 2 aromatic carbocycles. The van der Waals surface area contributed by atoms with Crippen LogP contribution < -0.4 is 0 Å². The fourth-order valence-electron chi connectivity index (χ4n) is 2.03. The standard InChI is InChI=1S/C14H15O/c1-2-11(10-15)13-9-5-7-12-6-3-4-8-14(12)13/h3-9,11H,2,10H2,1H3. The SMILES string of the molecule is CCC(C[O])c1cccc2ccccc12. The highest BCUT2D eigenvalue weighted by atomic mass is 16.3. The van der Waals surface area contributed by atoms with Crippen molar-refractivity contribution in [2.75, 3.05) is 6.61 Å². The average Bonchev–Trinajstić information content (AvgIpc) is 2.31. The Hall–Kier alpha value is -1.34. The van der Waals surface area contributed by atoms with Gasteiger partial charge in [-0.05, 0) is 22.8 Å². The first kappa shape index (κ1) is 10.2. The van der Waals surface area contributed by atoms with Crippen LogP contribution in [0.3, 0.4) is 0 Å². The quantitative estimate of drug-likeness (QED) is 0.717. The molecule has 0 N–H and O–H groups in total. The Morgan fingerprint density at radius 3 is 2.53 bits per heavy atom. The van der Waals surface area contributed by atoms with Crippen LogP contribution in [-0.4, -0.2) is 6.61 Å². The van der Waals surface area contributed by atoms with Crippen molar-refractivity contribution in [1.82, 2.24) is 0 Å². The summed E-state index contributed by atoms with van der Waals surface area (Å²) >= 11 is 0. The van der Waals surface area contributed by atoms with Crippen molar-refractivity contribution in [2.45, 2.75) is 19.3 Å². The first-order valence-electron chi connectivity index (χ1n) is 5.42. The van der Waals surface area contributed by atoms with Gasteiger partial charge in [0.2, 0.25) is 0 Å². The van der Waals surface area contributed by atoms with Crippen molar-refractivity contribution in [1.29, 1.82) is 0 Å². The molecule has 0 saturated carbocycles. The highest BCUT2D eigenvalue weighted by Crippen LogP contribution is 2.27. The van der Waals surface area contributed by atoms with Gasteiger partial charge in [-0.15, -0.1) is 0 Å². The molecule has 0 fully saturated rings. The zero-order valence-electron chi connectivity index (χ0n) is 8.94. The summed E-state index contributed by atoms with van der Waals surface area (Å²) in [7, 11) is 0. The summed E-state index contributed by atoms with van der Waals surface area (Å²) in [4.78, 5) is 0. The lowest BCUT2D eigenvalue weighted by Gasteiger charge is -2.13. The van der Waals surface area contributed by atoms with E-state index in [0.29, 0.717) is 0 Å². The summed E-state index contributed by atoms with van der Waals surface area (Å²) in [5.74, 6) is 0.149. The van der Waals surface area contributed by atoms with Gasteiger partial charge in [-0.1, -0.05) is 49.4 Å². The van der Waals surface area contributed by atoms with Crippen LogP contribution in [-0.2, 0) is 5.11 Å². The third-order valence-corrected chi connectivity index (χ3v) is 2.96. The topological polar surface area (TPSA) is 19.9 Å². The molecule has 1 unspecified atom stereocenters. The van der Waals surface area contributed by atoms with Crippen molar-refractivity contribution in [3.63, 3.8) is 0 Å². The zero-order chi connectivity index (χ0) is 10.7. The monoisotopic (exact) mass is 199 g/mol. The normalized spacial score (nSPS) is 12.9. The number of rotatable bonds is 3. The van der Waals surface area contributed by atoms with Crippen molar-refractivity contribution >= 4 is 10.8 Å². The molecule has 1 radical (unpaired) electrons. The number of fused-ring (bicyclic) bond motifs is 1. The highest BCUT2D eigenvalue weighted by molar-refractivity contribution is 5.86. The lowest BCUT2D eigenvalue weighted by Crippen LogP contribution is -2.02. The lowest BCUT2D eigenvalue weighted by molar-refractivity contribution is 0.170. The van der Waals surface area contributed by atoms with Crippen LogP contribution >= 0.6 is 0 Å². The van der Waals surface area contributed by atoms with Crippen molar-refractivity contribution in [3.05, 3.63) is 48.0 Å². The maximum absolute atomic E-state index is 11.1. The second kappa shape index (κ2) is 4.45. The molecule has 1 nitrogen and oxygen atoms in total. The van der Waals surface area contributed by atoms with Gasteiger partial charge in [0, 0.05) is 5.92 Å². The van der Waals surface area contributed by atoms with Crippen LogP contribution in [0.4, 0.5) is 0 Å². The van der Waals surface area contributed by atoms with Crippen LogP contribution in [0.1, 0.15) is 24.8 Å². The Morgan fingerprint density at radius 2 is 1.80 bits per heavy atom. The van der Waals surface area contributed by atoms with E-state index in [1.165, 1.54) is 16.3 Å². The van der Waals surface area contributed by atoms with Crippen LogP contribution in [0.15, 0.2) is 42.5 Å². The summed E-state index contributed by atoms with van der Waals surface area (Å²) in [6.07, 6.45) is 0.914. The molecule has 0 aliphatic heterocycles. The molecule has 0 aliphatic rings. The minimum Gasteiger partial charge on any atom is -0.236 e. The van der Waals surface area contributed by atoms with Crippen molar-refractivity contribution in [3.8, 4) is 0 Å². The van der Waals surface area contributed by atoms with Gasteiger partial charge < -0.3 is 0 Å². The Kier molecular flexibility index (Phi) is 3.02. The summed E-state index contributed by atoms with van der Waals surface area (Å²) in [6, 6.07) is 14.5. The van der Waals surface area contributed by atoms with Gasteiger partial charge in [-0.3, -0.25) is 0 Å². The van der Waals surface area contributed by atoms with E-state index in [1.54, 1.807) is 0 Å². The molecule has 0 aromatic heterocycles. The second-order valence-corrected chi connectivity index (χ2v) is 3.84. The van der Waals surface area contributed by atoms with Crippen LogP contribution in [0.5, 0.6) is 0 Å². The van der Waals surface area contributed by atoms with Gasteiger partial charge in [0.05, 0.1) is 6.61 Å². The Labute approximate surface area is 90.4 Å². The zero-order valence-corrected chi connectivity index (χ0v) is 8.94. The van der Waals surface area contributed by atoms with Crippen LogP contribution in [0.2, 0.25) is 0 Å². The minimum absolute atomic E-state index is 0.0233. The second-order valence-electron chi connectivity index (χ2n) is 3.84. The van der Waals surface area contributed by atoms with Crippen molar-refractivity contribution in [2.24, 2.45) is 0 Å². The Balaban J connectivity index is 2.59.